The number of rotatable bonds is 3. The zero-order chi connectivity index (χ0) is 15.1. The van der Waals surface area contributed by atoms with E-state index < -0.39 is 26.7 Å². The maximum Gasteiger partial charge on any atom is 0.155 e. The van der Waals surface area contributed by atoms with Crippen LogP contribution in [0.3, 0.4) is 0 Å². The van der Waals surface area contributed by atoms with Crippen LogP contribution in [0.15, 0.2) is 18.2 Å². The number of halogens is 2. The normalized spacial score (nSPS) is 13.4. The summed E-state index contributed by atoms with van der Waals surface area (Å²) in [5, 5.41) is 5.33. The van der Waals surface area contributed by atoms with Gasteiger partial charge in [-0.25, -0.2) is 17.2 Å². The lowest BCUT2D eigenvalue weighted by molar-refractivity contribution is 0.584. The van der Waals surface area contributed by atoms with Crippen LogP contribution in [-0.2, 0) is 9.84 Å². The number of sulfone groups is 1. The molecular weight excluding hydrogens is 288 g/mol. The number of anilines is 1. The lowest BCUT2D eigenvalue weighted by Gasteiger charge is -2.10. The van der Waals surface area contributed by atoms with Crippen LogP contribution in [0.25, 0.3) is 11.1 Å². The van der Waals surface area contributed by atoms with Crippen molar-refractivity contribution in [3.63, 3.8) is 0 Å². The second-order valence-corrected chi connectivity index (χ2v) is 6.89. The van der Waals surface area contributed by atoms with Gasteiger partial charge in [0.2, 0.25) is 0 Å². The quantitative estimate of drug-likeness (QED) is 0.908. The Hall–Kier alpha value is -1.96. The predicted molar refractivity (Wildman–Crippen MR) is 71.6 cm³/mol. The molecule has 0 aliphatic rings. The molecule has 20 heavy (non-hydrogen) atoms. The Kier molecular flexibility index (Phi) is 3.51. The van der Waals surface area contributed by atoms with Crippen molar-refractivity contribution >= 4 is 15.7 Å². The third-order valence-corrected chi connectivity index (χ3v) is 4.54. The minimum atomic E-state index is -3.41. The van der Waals surface area contributed by atoms with Crippen molar-refractivity contribution in [3.8, 4) is 11.1 Å². The summed E-state index contributed by atoms with van der Waals surface area (Å²) in [6.45, 7) is 1.45. The summed E-state index contributed by atoms with van der Waals surface area (Å²) in [6, 6.07) is 2.87. The topological polar surface area (TPSA) is 88.8 Å². The maximum absolute atomic E-state index is 13.3. The number of nitrogens with zero attached hydrogens (tertiary/aromatic N) is 1. The number of nitrogen functional groups attached to an aromatic ring is 1. The summed E-state index contributed by atoms with van der Waals surface area (Å²) in [6.07, 6.45) is 1.06. The fourth-order valence-corrected chi connectivity index (χ4v) is 2.48. The largest absolute Gasteiger partial charge is 0.382 e. The second-order valence-electron chi connectivity index (χ2n) is 4.53. The highest BCUT2D eigenvalue weighted by Crippen LogP contribution is 2.34. The van der Waals surface area contributed by atoms with Gasteiger partial charge in [-0.05, 0) is 24.6 Å². The van der Waals surface area contributed by atoms with Crippen LogP contribution in [0.1, 0.15) is 17.9 Å². The molecule has 1 aromatic carbocycles. The maximum atomic E-state index is 13.3. The lowest BCUT2D eigenvalue weighted by Crippen LogP contribution is -2.09. The van der Waals surface area contributed by atoms with Gasteiger partial charge in [-0.15, -0.1) is 0 Å². The van der Waals surface area contributed by atoms with Crippen molar-refractivity contribution in [2.24, 2.45) is 0 Å². The molecule has 0 aliphatic carbocycles. The summed E-state index contributed by atoms with van der Waals surface area (Å²) in [5.41, 5.74) is 6.21. The van der Waals surface area contributed by atoms with E-state index >= 15 is 0 Å². The first-order valence-corrected chi connectivity index (χ1v) is 7.64. The molecule has 5 nitrogen and oxygen atoms in total. The summed E-state index contributed by atoms with van der Waals surface area (Å²) >= 11 is 0. The molecule has 1 atom stereocenters. The van der Waals surface area contributed by atoms with Crippen LogP contribution in [-0.4, -0.2) is 24.9 Å². The Bertz CT molecular complexity index is 736. The molecule has 0 bridgehead atoms. The fraction of sp³-hybridized carbons (Fsp3) is 0.250. The zero-order valence-electron chi connectivity index (χ0n) is 10.8. The van der Waals surface area contributed by atoms with Gasteiger partial charge in [0.25, 0.3) is 0 Å². The SMILES string of the molecule is CC(c1[nH]nc(N)c1-c1cc(F)cc(F)c1)S(C)(=O)=O. The van der Waals surface area contributed by atoms with Crippen molar-refractivity contribution in [2.75, 3.05) is 12.0 Å². The number of nitrogens with two attached hydrogens (primary N) is 1. The van der Waals surface area contributed by atoms with Crippen LogP contribution in [0.5, 0.6) is 0 Å². The van der Waals surface area contributed by atoms with Crippen LogP contribution < -0.4 is 5.73 Å². The molecular formula is C12H13F2N3O2S. The number of hydrogen-bond acceptors (Lipinski definition) is 4. The Morgan fingerprint density at radius 3 is 2.30 bits per heavy atom. The van der Waals surface area contributed by atoms with E-state index in [1.54, 1.807) is 0 Å². The molecule has 0 amide bonds. The van der Waals surface area contributed by atoms with E-state index in [-0.39, 0.29) is 22.6 Å². The summed E-state index contributed by atoms with van der Waals surface area (Å²) < 4.78 is 49.8. The minimum absolute atomic E-state index is 0.0134. The number of aromatic amines is 1. The molecule has 3 N–H and O–H groups in total. The molecule has 108 valence electrons. The smallest absolute Gasteiger partial charge is 0.155 e. The van der Waals surface area contributed by atoms with Gasteiger partial charge in [0.15, 0.2) is 15.7 Å². The van der Waals surface area contributed by atoms with Crippen LogP contribution in [0, 0.1) is 11.6 Å². The molecule has 0 aliphatic heterocycles. The van der Waals surface area contributed by atoms with Crippen LogP contribution >= 0.6 is 0 Å². The highest BCUT2D eigenvalue weighted by molar-refractivity contribution is 7.90. The number of hydrogen-bond donors (Lipinski definition) is 2. The fourth-order valence-electron chi connectivity index (χ4n) is 1.88. The Morgan fingerprint density at radius 2 is 1.80 bits per heavy atom. The Labute approximate surface area is 114 Å². The first-order chi connectivity index (χ1) is 9.20. The van der Waals surface area contributed by atoms with Crippen molar-refractivity contribution in [1.82, 2.24) is 10.2 Å². The van der Waals surface area contributed by atoms with Gasteiger partial charge in [0.1, 0.15) is 16.9 Å². The molecule has 0 saturated heterocycles. The minimum Gasteiger partial charge on any atom is -0.382 e. The number of benzene rings is 1. The van der Waals surface area contributed by atoms with E-state index in [2.05, 4.69) is 10.2 Å². The number of nitrogens with one attached hydrogen (secondary N) is 1. The van der Waals surface area contributed by atoms with Crippen molar-refractivity contribution in [3.05, 3.63) is 35.5 Å². The summed E-state index contributed by atoms with van der Waals surface area (Å²) in [7, 11) is -3.41. The van der Waals surface area contributed by atoms with E-state index in [1.165, 1.54) is 6.92 Å². The first-order valence-electron chi connectivity index (χ1n) is 5.69. The highest BCUT2D eigenvalue weighted by Gasteiger charge is 2.25. The lowest BCUT2D eigenvalue weighted by atomic mass is 10.0. The van der Waals surface area contributed by atoms with Gasteiger partial charge in [-0.2, -0.15) is 5.10 Å². The Balaban J connectivity index is 2.66. The molecule has 0 radical (unpaired) electrons. The van der Waals surface area contributed by atoms with E-state index in [0.717, 1.165) is 24.5 Å². The van der Waals surface area contributed by atoms with Crippen LogP contribution in [0.4, 0.5) is 14.6 Å². The van der Waals surface area contributed by atoms with E-state index in [0.29, 0.717) is 0 Å². The van der Waals surface area contributed by atoms with Crippen LogP contribution in [0.2, 0.25) is 0 Å². The second kappa shape index (κ2) is 4.86. The molecule has 0 spiro atoms. The average molecular weight is 301 g/mol. The third kappa shape index (κ3) is 2.64. The van der Waals surface area contributed by atoms with Gasteiger partial charge in [-0.3, -0.25) is 5.10 Å². The van der Waals surface area contributed by atoms with E-state index in [4.69, 9.17) is 5.73 Å². The van der Waals surface area contributed by atoms with E-state index in [1.807, 2.05) is 0 Å². The van der Waals surface area contributed by atoms with Gasteiger partial charge in [-0.1, -0.05) is 0 Å². The zero-order valence-corrected chi connectivity index (χ0v) is 11.6. The molecule has 1 aromatic heterocycles. The Morgan fingerprint density at radius 1 is 1.25 bits per heavy atom. The first kappa shape index (κ1) is 14.4. The van der Waals surface area contributed by atoms with E-state index in [9.17, 15) is 17.2 Å². The monoisotopic (exact) mass is 301 g/mol. The molecule has 2 rings (SSSR count). The van der Waals surface area contributed by atoms with Crippen molar-refractivity contribution in [2.45, 2.75) is 12.2 Å². The molecule has 1 unspecified atom stereocenters. The molecule has 0 fully saturated rings. The highest BCUT2D eigenvalue weighted by atomic mass is 32.2. The predicted octanol–water partition coefficient (Wildman–Crippen LogP) is 2.04. The van der Waals surface area contributed by atoms with Crippen molar-refractivity contribution < 1.29 is 17.2 Å². The van der Waals surface area contributed by atoms with Crippen molar-refractivity contribution in [1.29, 1.82) is 0 Å². The third-order valence-electron chi connectivity index (χ3n) is 3.02. The standard InChI is InChI=1S/C12H13F2N3O2S/c1-6(20(2,18)19)11-10(12(15)17-16-11)7-3-8(13)5-9(14)4-7/h3-6H,1-2H3,(H3,15,16,17). The van der Waals surface area contributed by atoms with Gasteiger partial charge < -0.3 is 5.73 Å². The average Bonchev–Trinajstić information content (AvgIpc) is 2.67. The van der Waals surface area contributed by atoms with Gasteiger partial charge >= 0.3 is 0 Å². The molecule has 8 heteroatoms. The number of aromatic nitrogens is 2. The molecule has 0 saturated carbocycles. The summed E-state index contributed by atoms with van der Waals surface area (Å²) in [5.74, 6) is -1.57. The molecule has 2 aromatic rings. The van der Waals surface area contributed by atoms with Gasteiger partial charge in [0, 0.05) is 17.9 Å². The van der Waals surface area contributed by atoms with Gasteiger partial charge in [0.05, 0.1) is 5.69 Å². The molecule has 1 heterocycles. The number of H-pyrrole nitrogens is 1. The summed E-state index contributed by atoms with van der Waals surface area (Å²) in [4.78, 5) is 0.